The fourth-order valence-corrected chi connectivity index (χ4v) is 1.83. The average Bonchev–Trinajstić information content (AvgIpc) is 2.30. The molecule has 0 spiro atoms. The maximum absolute atomic E-state index is 4.26. The summed E-state index contributed by atoms with van der Waals surface area (Å²) in [4.78, 5) is 0. The van der Waals surface area contributed by atoms with Crippen LogP contribution in [-0.2, 0) is 0 Å². The van der Waals surface area contributed by atoms with Crippen LogP contribution < -0.4 is 0 Å². The molecule has 2 aromatic carbocycles. The van der Waals surface area contributed by atoms with Gasteiger partial charge in [-0.25, -0.2) is 0 Å². The summed E-state index contributed by atoms with van der Waals surface area (Å²) in [5.74, 6) is 0. The molecular formula is C14H13BrN2. The van der Waals surface area contributed by atoms with Crippen molar-refractivity contribution in [1.82, 2.24) is 0 Å². The molecule has 17 heavy (non-hydrogen) atoms. The third-order valence-electron chi connectivity index (χ3n) is 2.38. The van der Waals surface area contributed by atoms with E-state index in [4.69, 9.17) is 0 Å². The van der Waals surface area contributed by atoms with Gasteiger partial charge in [0.05, 0.1) is 5.69 Å². The monoisotopic (exact) mass is 288 g/mol. The topological polar surface area (TPSA) is 24.7 Å². The molecule has 0 aromatic heterocycles. The predicted molar refractivity (Wildman–Crippen MR) is 74.2 cm³/mol. The molecule has 0 bridgehead atoms. The third-order valence-corrected chi connectivity index (χ3v) is 3.05. The van der Waals surface area contributed by atoms with E-state index in [2.05, 4.69) is 26.2 Å². The maximum Gasteiger partial charge on any atom is 0.100 e. The Morgan fingerprint density at radius 1 is 0.882 bits per heavy atom. The fourth-order valence-electron chi connectivity index (χ4n) is 1.50. The summed E-state index contributed by atoms with van der Waals surface area (Å²) in [6, 6.07) is 14.0. The second kappa shape index (κ2) is 5.23. The minimum Gasteiger partial charge on any atom is -0.151 e. The van der Waals surface area contributed by atoms with Gasteiger partial charge in [-0.3, -0.25) is 0 Å². The molecule has 0 saturated heterocycles. The molecular weight excluding hydrogens is 276 g/mol. The van der Waals surface area contributed by atoms with Gasteiger partial charge in [0.15, 0.2) is 0 Å². The summed E-state index contributed by atoms with van der Waals surface area (Å²) in [6.07, 6.45) is 0. The van der Waals surface area contributed by atoms with E-state index >= 15 is 0 Å². The summed E-state index contributed by atoms with van der Waals surface area (Å²) in [7, 11) is 0. The molecule has 0 saturated carbocycles. The van der Waals surface area contributed by atoms with Crippen molar-refractivity contribution in [3.8, 4) is 0 Å². The van der Waals surface area contributed by atoms with E-state index in [1.54, 1.807) is 0 Å². The van der Waals surface area contributed by atoms with Crippen molar-refractivity contribution in [1.29, 1.82) is 0 Å². The van der Waals surface area contributed by atoms with Crippen molar-refractivity contribution in [3.63, 3.8) is 0 Å². The standard InChI is InChI=1S/C14H13BrN2/c1-10-4-3-5-12(8-10)16-17-14-9-11(2)6-7-13(14)15/h3-9H,1-2H3. The average molecular weight is 289 g/mol. The first-order chi connectivity index (χ1) is 8.15. The van der Waals surface area contributed by atoms with Gasteiger partial charge in [0, 0.05) is 4.47 Å². The van der Waals surface area contributed by atoms with E-state index in [0.717, 1.165) is 15.8 Å². The number of hydrogen-bond donors (Lipinski definition) is 0. The molecule has 0 N–H and O–H groups in total. The Hall–Kier alpha value is -1.48. The van der Waals surface area contributed by atoms with Crippen LogP contribution in [0.1, 0.15) is 11.1 Å². The molecule has 0 amide bonds. The molecule has 0 aliphatic rings. The zero-order valence-electron chi connectivity index (χ0n) is 9.81. The second-order valence-corrected chi connectivity index (χ2v) is 4.85. The molecule has 0 radical (unpaired) electrons. The molecule has 0 aliphatic heterocycles. The van der Waals surface area contributed by atoms with Gasteiger partial charge in [0.25, 0.3) is 0 Å². The number of azo groups is 1. The SMILES string of the molecule is Cc1cccc(N=Nc2cc(C)ccc2Br)c1. The molecule has 0 unspecified atom stereocenters. The Kier molecular flexibility index (Phi) is 3.69. The lowest BCUT2D eigenvalue weighted by Gasteiger charge is -1.99. The highest BCUT2D eigenvalue weighted by molar-refractivity contribution is 9.10. The van der Waals surface area contributed by atoms with E-state index < -0.39 is 0 Å². The molecule has 2 nitrogen and oxygen atoms in total. The van der Waals surface area contributed by atoms with Crippen molar-refractivity contribution < 1.29 is 0 Å². The molecule has 0 heterocycles. The van der Waals surface area contributed by atoms with Crippen LogP contribution in [-0.4, -0.2) is 0 Å². The number of hydrogen-bond acceptors (Lipinski definition) is 2. The largest absolute Gasteiger partial charge is 0.151 e. The molecule has 0 atom stereocenters. The Morgan fingerprint density at radius 2 is 1.65 bits per heavy atom. The zero-order valence-corrected chi connectivity index (χ0v) is 11.4. The van der Waals surface area contributed by atoms with Crippen LogP contribution in [0.2, 0.25) is 0 Å². The third kappa shape index (κ3) is 3.24. The number of aryl methyl sites for hydroxylation is 2. The lowest BCUT2D eigenvalue weighted by atomic mass is 10.2. The van der Waals surface area contributed by atoms with Gasteiger partial charge in [0.2, 0.25) is 0 Å². The van der Waals surface area contributed by atoms with Gasteiger partial charge >= 0.3 is 0 Å². The van der Waals surface area contributed by atoms with Crippen LogP contribution in [0.5, 0.6) is 0 Å². The molecule has 3 heteroatoms. The molecule has 2 aromatic rings. The highest BCUT2D eigenvalue weighted by Crippen LogP contribution is 2.28. The van der Waals surface area contributed by atoms with Gasteiger partial charge in [-0.1, -0.05) is 18.2 Å². The Morgan fingerprint density at radius 3 is 2.41 bits per heavy atom. The highest BCUT2D eigenvalue weighted by Gasteiger charge is 1.98. The summed E-state index contributed by atoms with van der Waals surface area (Å²) < 4.78 is 0.958. The first-order valence-electron chi connectivity index (χ1n) is 5.40. The van der Waals surface area contributed by atoms with Crippen molar-refractivity contribution in [2.24, 2.45) is 10.2 Å². The molecule has 0 aliphatic carbocycles. The van der Waals surface area contributed by atoms with E-state index in [-0.39, 0.29) is 0 Å². The van der Waals surface area contributed by atoms with Gasteiger partial charge in [-0.05, 0) is 65.2 Å². The highest BCUT2D eigenvalue weighted by atomic mass is 79.9. The van der Waals surface area contributed by atoms with Crippen molar-refractivity contribution >= 4 is 27.3 Å². The van der Waals surface area contributed by atoms with Gasteiger partial charge in [-0.15, -0.1) is 5.11 Å². The summed E-state index contributed by atoms with van der Waals surface area (Å²) in [5, 5.41) is 8.49. The number of nitrogens with zero attached hydrogens (tertiary/aromatic N) is 2. The molecule has 0 fully saturated rings. The first kappa shape index (κ1) is 12.0. The smallest absolute Gasteiger partial charge is 0.100 e. The van der Waals surface area contributed by atoms with Gasteiger partial charge in [0.1, 0.15) is 5.69 Å². The van der Waals surface area contributed by atoms with E-state index in [0.29, 0.717) is 0 Å². The minimum absolute atomic E-state index is 0.853. The Labute approximate surface area is 110 Å². The van der Waals surface area contributed by atoms with Crippen molar-refractivity contribution in [3.05, 3.63) is 58.1 Å². The molecule has 2 rings (SSSR count). The summed E-state index contributed by atoms with van der Waals surface area (Å²) >= 11 is 3.46. The number of rotatable bonds is 2. The lowest BCUT2D eigenvalue weighted by molar-refractivity contribution is 1.21. The normalized spacial score (nSPS) is 11.0. The van der Waals surface area contributed by atoms with Crippen LogP contribution in [0.25, 0.3) is 0 Å². The van der Waals surface area contributed by atoms with E-state index in [1.807, 2.05) is 56.3 Å². The van der Waals surface area contributed by atoms with Gasteiger partial charge in [-0.2, -0.15) is 5.11 Å². The van der Waals surface area contributed by atoms with Gasteiger partial charge < -0.3 is 0 Å². The van der Waals surface area contributed by atoms with E-state index in [9.17, 15) is 0 Å². The minimum atomic E-state index is 0.853. The second-order valence-electron chi connectivity index (χ2n) is 3.99. The Bertz CT molecular complexity index is 562. The summed E-state index contributed by atoms with van der Waals surface area (Å²) in [5.41, 5.74) is 4.08. The molecule has 86 valence electrons. The Balaban J connectivity index is 2.29. The maximum atomic E-state index is 4.26. The fraction of sp³-hybridized carbons (Fsp3) is 0.143. The van der Waals surface area contributed by atoms with Crippen molar-refractivity contribution in [2.45, 2.75) is 13.8 Å². The number of halogens is 1. The van der Waals surface area contributed by atoms with Crippen LogP contribution >= 0.6 is 15.9 Å². The van der Waals surface area contributed by atoms with Crippen LogP contribution in [0, 0.1) is 13.8 Å². The first-order valence-corrected chi connectivity index (χ1v) is 6.19. The zero-order chi connectivity index (χ0) is 12.3. The van der Waals surface area contributed by atoms with Crippen molar-refractivity contribution in [2.75, 3.05) is 0 Å². The van der Waals surface area contributed by atoms with E-state index in [1.165, 1.54) is 11.1 Å². The van der Waals surface area contributed by atoms with Crippen LogP contribution in [0.3, 0.4) is 0 Å². The summed E-state index contributed by atoms with van der Waals surface area (Å²) in [6.45, 7) is 4.08. The van der Waals surface area contributed by atoms with Crippen LogP contribution in [0.4, 0.5) is 11.4 Å². The predicted octanol–water partition coefficient (Wildman–Crippen LogP) is 5.48. The number of benzene rings is 2. The quantitative estimate of drug-likeness (QED) is 0.654. The van der Waals surface area contributed by atoms with Crippen LogP contribution in [0.15, 0.2) is 57.2 Å². The lowest BCUT2D eigenvalue weighted by Crippen LogP contribution is -1.73.